The Morgan fingerprint density at radius 3 is 2.03 bits per heavy atom. The standard InChI is InChI=1S/C18H30N2O13S/c1-5(23)19-6(3-34-4-22)17(31)20-8-10(25)9(24)7(2-21)32-18(8)33-16-14(29)12(27)11(26)13(28)15(16)30/h4,6-16,18,21,24-30H,2-3H2,1H3,(H,19,23)(H,20,31)/t6-,7+,8+,9+,10+,11?,12-,13+,14+,15+,16?,18+/m0/s1. The molecule has 1 aliphatic carbocycles. The highest BCUT2D eigenvalue weighted by atomic mass is 32.2. The summed E-state index contributed by atoms with van der Waals surface area (Å²) in [5.41, 5.74) is 0.444. The van der Waals surface area contributed by atoms with Crippen LogP contribution >= 0.6 is 11.8 Å². The van der Waals surface area contributed by atoms with Crippen LogP contribution in [-0.2, 0) is 23.9 Å². The van der Waals surface area contributed by atoms with Crippen LogP contribution in [0.1, 0.15) is 6.92 Å². The van der Waals surface area contributed by atoms with E-state index in [0.29, 0.717) is 17.4 Å². The zero-order valence-electron chi connectivity index (χ0n) is 17.9. The first kappa shape index (κ1) is 28.8. The van der Waals surface area contributed by atoms with E-state index in [-0.39, 0.29) is 5.75 Å². The van der Waals surface area contributed by atoms with Crippen molar-refractivity contribution in [1.82, 2.24) is 10.6 Å². The van der Waals surface area contributed by atoms with Gasteiger partial charge in [0.15, 0.2) is 11.9 Å². The van der Waals surface area contributed by atoms with E-state index in [4.69, 9.17) is 9.47 Å². The average molecular weight is 515 g/mol. The van der Waals surface area contributed by atoms with E-state index >= 15 is 0 Å². The van der Waals surface area contributed by atoms with Crippen LogP contribution in [0, 0.1) is 0 Å². The predicted octanol–water partition coefficient (Wildman–Crippen LogP) is -6.46. The van der Waals surface area contributed by atoms with Gasteiger partial charge in [0, 0.05) is 12.7 Å². The lowest BCUT2D eigenvalue weighted by molar-refractivity contribution is -0.319. The van der Waals surface area contributed by atoms with Crippen LogP contribution in [0.5, 0.6) is 0 Å². The third kappa shape index (κ3) is 6.41. The van der Waals surface area contributed by atoms with E-state index in [1.54, 1.807) is 0 Å². The van der Waals surface area contributed by atoms with E-state index < -0.39 is 91.7 Å². The Kier molecular flexibility index (Phi) is 10.6. The molecule has 2 unspecified atom stereocenters. The summed E-state index contributed by atoms with van der Waals surface area (Å²) in [6, 6.07) is -2.86. The summed E-state index contributed by atoms with van der Waals surface area (Å²) in [5, 5.41) is 84.8. The van der Waals surface area contributed by atoms with Crippen LogP contribution in [0.15, 0.2) is 0 Å². The Bertz CT molecular complexity index is 701. The average Bonchev–Trinajstić information content (AvgIpc) is 2.80. The van der Waals surface area contributed by atoms with E-state index in [1.807, 2.05) is 0 Å². The molecule has 0 spiro atoms. The normalized spacial score (nSPS) is 41.4. The fourth-order valence-corrected chi connectivity index (χ4v) is 4.20. The summed E-state index contributed by atoms with van der Waals surface area (Å²) in [6.07, 6.45) is -18.2. The van der Waals surface area contributed by atoms with Crippen molar-refractivity contribution in [3.05, 3.63) is 0 Å². The maximum Gasteiger partial charge on any atom is 0.243 e. The molecule has 0 aromatic heterocycles. The van der Waals surface area contributed by atoms with Gasteiger partial charge in [0.2, 0.25) is 11.8 Å². The van der Waals surface area contributed by atoms with Crippen LogP contribution in [0.3, 0.4) is 0 Å². The first-order valence-corrected chi connectivity index (χ1v) is 11.3. The molecule has 196 valence electrons. The molecule has 2 amide bonds. The molecule has 34 heavy (non-hydrogen) atoms. The van der Waals surface area contributed by atoms with Gasteiger partial charge in [-0.3, -0.25) is 14.4 Å². The molecule has 10 N–H and O–H groups in total. The fourth-order valence-electron chi connectivity index (χ4n) is 3.69. The summed E-state index contributed by atoms with van der Waals surface area (Å²) < 4.78 is 10.8. The lowest BCUT2D eigenvalue weighted by Crippen LogP contribution is -2.69. The number of carbonyl (C=O) groups excluding carboxylic acids is 3. The van der Waals surface area contributed by atoms with Gasteiger partial charge in [-0.05, 0) is 0 Å². The highest BCUT2D eigenvalue weighted by molar-refractivity contribution is 8.11. The second-order valence-electron chi connectivity index (χ2n) is 7.98. The number of hydrogen-bond acceptors (Lipinski definition) is 14. The maximum atomic E-state index is 12.7. The minimum absolute atomic E-state index is 0.178. The van der Waals surface area contributed by atoms with Gasteiger partial charge >= 0.3 is 0 Å². The van der Waals surface area contributed by atoms with Crippen molar-refractivity contribution in [2.24, 2.45) is 0 Å². The Labute approximate surface area is 197 Å². The molecule has 1 saturated heterocycles. The second kappa shape index (κ2) is 12.5. The molecule has 1 saturated carbocycles. The summed E-state index contributed by atoms with van der Waals surface area (Å²) in [4.78, 5) is 34.8. The molecule has 0 radical (unpaired) electrons. The molecule has 15 nitrogen and oxygen atoms in total. The van der Waals surface area contributed by atoms with Gasteiger partial charge in [-0.2, -0.15) is 0 Å². The predicted molar refractivity (Wildman–Crippen MR) is 111 cm³/mol. The van der Waals surface area contributed by atoms with Gasteiger partial charge in [-0.1, -0.05) is 11.8 Å². The molecule has 1 heterocycles. The number of rotatable bonds is 9. The van der Waals surface area contributed by atoms with Crippen molar-refractivity contribution in [1.29, 1.82) is 0 Å². The SMILES string of the molecule is CC(=O)N[C@@H](CSC=O)C(=O)N[C@H]1[C@@H](OC2[C@H](O)[C@H](O)C(O)[C@H](O)[C@H]2O)O[C@H](CO)[C@@H](O)[C@@H]1O. The smallest absolute Gasteiger partial charge is 0.243 e. The summed E-state index contributed by atoms with van der Waals surface area (Å²) >= 11 is 0.675. The Morgan fingerprint density at radius 2 is 1.53 bits per heavy atom. The monoisotopic (exact) mass is 514 g/mol. The molecule has 12 atom stereocenters. The lowest BCUT2D eigenvalue weighted by atomic mass is 9.84. The van der Waals surface area contributed by atoms with Crippen molar-refractivity contribution in [2.45, 2.75) is 80.2 Å². The number of ether oxygens (including phenoxy) is 2. The van der Waals surface area contributed by atoms with Gasteiger partial charge in [-0.15, -0.1) is 0 Å². The van der Waals surface area contributed by atoms with Crippen LogP contribution in [-0.4, -0.2) is 144 Å². The van der Waals surface area contributed by atoms with E-state index in [9.17, 15) is 55.2 Å². The van der Waals surface area contributed by atoms with E-state index in [1.165, 1.54) is 0 Å². The molecule has 0 aromatic carbocycles. The van der Waals surface area contributed by atoms with Crippen molar-refractivity contribution in [2.75, 3.05) is 12.4 Å². The van der Waals surface area contributed by atoms with Crippen LogP contribution in [0.25, 0.3) is 0 Å². The molecule has 2 rings (SSSR count). The van der Waals surface area contributed by atoms with Crippen molar-refractivity contribution >= 4 is 29.2 Å². The third-order valence-electron chi connectivity index (χ3n) is 5.58. The minimum Gasteiger partial charge on any atom is -0.394 e. The molecule has 1 aliphatic heterocycles. The zero-order chi connectivity index (χ0) is 25.7. The maximum absolute atomic E-state index is 12.7. The first-order valence-electron chi connectivity index (χ1n) is 10.3. The Morgan fingerprint density at radius 1 is 0.971 bits per heavy atom. The highest BCUT2D eigenvalue weighted by Gasteiger charge is 2.53. The van der Waals surface area contributed by atoms with E-state index in [0.717, 1.165) is 6.92 Å². The number of amides is 2. The van der Waals surface area contributed by atoms with Gasteiger partial charge < -0.3 is 61.0 Å². The zero-order valence-corrected chi connectivity index (χ0v) is 18.8. The van der Waals surface area contributed by atoms with Gasteiger partial charge in [0.1, 0.15) is 67.0 Å². The fraction of sp³-hybridized carbons (Fsp3) is 0.833. The van der Waals surface area contributed by atoms with Gasteiger partial charge in [0.25, 0.3) is 0 Å². The molecule has 16 heteroatoms. The van der Waals surface area contributed by atoms with E-state index in [2.05, 4.69) is 10.6 Å². The molecule has 0 bridgehead atoms. The highest BCUT2D eigenvalue weighted by Crippen LogP contribution is 2.29. The number of carbonyl (C=O) groups is 3. The van der Waals surface area contributed by atoms with Crippen LogP contribution < -0.4 is 10.6 Å². The molecule has 0 aromatic rings. The number of thioether (sulfide) groups is 1. The molecule has 2 aliphatic rings. The molecule has 2 fully saturated rings. The van der Waals surface area contributed by atoms with Gasteiger partial charge in [-0.25, -0.2) is 0 Å². The molecular weight excluding hydrogens is 484 g/mol. The second-order valence-corrected chi connectivity index (χ2v) is 8.84. The molecular formula is C18H30N2O13S. The number of nitrogens with one attached hydrogen (secondary N) is 2. The quantitative estimate of drug-likeness (QED) is 0.128. The van der Waals surface area contributed by atoms with Crippen molar-refractivity contribution < 1.29 is 64.7 Å². The topological polar surface area (TPSA) is 256 Å². The van der Waals surface area contributed by atoms with Crippen molar-refractivity contribution in [3.8, 4) is 0 Å². The Balaban J connectivity index is 2.28. The Hall–Kier alpha value is -1.44. The summed E-state index contributed by atoms with van der Waals surface area (Å²) in [5.74, 6) is -1.70. The number of aliphatic hydroxyl groups is 8. The summed E-state index contributed by atoms with van der Waals surface area (Å²) in [6.45, 7) is 0.325. The van der Waals surface area contributed by atoms with Crippen molar-refractivity contribution in [3.63, 3.8) is 0 Å². The summed E-state index contributed by atoms with van der Waals surface area (Å²) in [7, 11) is 0. The number of aliphatic hydroxyl groups excluding tert-OH is 8. The third-order valence-corrected chi connectivity index (χ3v) is 6.24. The van der Waals surface area contributed by atoms with Crippen LogP contribution in [0.4, 0.5) is 0 Å². The van der Waals surface area contributed by atoms with Gasteiger partial charge in [0.05, 0.1) is 6.61 Å². The first-order chi connectivity index (χ1) is 15.9. The van der Waals surface area contributed by atoms with Crippen LogP contribution in [0.2, 0.25) is 0 Å². The lowest BCUT2D eigenvalue weighted by Gasteiger charge is -2.47. The largest absolute Gasteiger partial charge is 0.394 e. The minimum atomic E-state index is -1.94. The number of hydrogen-bond donors (Lipinski definition) is 10.